The molecule has 11 heteroatoms. The van der Waals surface area contributed by atoms with E-state index < -0.39 is 52.0 Å². The van der Waals surface area contributed by atoms with Gasteiger partial charge in [0.15, 0.2) is 0 Å². The van der Waals surface area contributed by atoms with Crippen molar-refractivity contribution in [1.82, 2.24) is 9.80 Å². The van der Waals surface area contributed by atoms with Crippen LogP contribution in [0.2, 0.25) is 0 Å². The maximum Gasteiger partial charge on any atom is 0.251 e. The summed E-state index contributed by atoms with van der Waals surface area (Å²) in [5, 5.41) is 49.4. The van der Waals surface area contributed by atoms with Crippen molar-refractivity contribution in [3.63, 3.8) is 0 Å². The molecular formula is C12H28N2O9. The van der Waals surface area contributed by atoms with Crippen LogP contribution in [-0.4, -0.2) is 106 Å². The minimum absolute atomic E-state index is 0.574. The van der Waals surface area contributed by atoms with Gasteiger partial charge in [-0.3, -0.25) is 19.4 Å². The second-order valence-corrected chi connectivity index (χ2v) is 3.53. The van der Waals surface area contributed by atoms with Gasteiger partial charge in [-0.1, -0.05) is 0 Å². The van der Waals surface area contributed by atoms with Crippen molar-refractivity contribution < 1.29 is 45.0 Å². The molecule has 0 aliphatic rings. The van der Waals surface area contributed by atoms with Gasteiger partial charge in [0.25, 0.3) is 11.8 Å². The quantitative estimate of drug-likeness (QED) is 0.244. The van der Waals surface area contributed by atoms with Crippen molar-refractivity contribution >= 4 is 11.8 Å². The summed E-state index contributed by atoms with van der Waals surface area (Å²) in [6.45, 7) is 1.99. The lowest BCUT2D eigenvalue weighted by Crippen LogP contribution is -2.34. The summed E-state index contributed by atoms with van der Waals surface area (Å²) in [5.74, 6) is -1.39. The zero-order valence-electron chi connectivity index (χ0n) is 13.5. The summed E-state index contributed by atoms with van der Waals surface area (Å²) in [6.07, 6.45) is 0. The maximum atomic E-state index is 10.3. The summed E-state index contributed by atoms with van der Waals surface area (Å²) >= 11 is 0. The predicted octanol–water partition coefficient (Wildman–Crippen LogP) is -3.54. The molecule has 0 aliphatic carbocycles. The van der Waals surface area contributed by atoms with Crippen molar-refractivity contribution in [2.45, 2.75) is 13.8 Å². The van der Waals surface area contributed by atoms with Gasteiger partial charge >= 0.3 is 0 Å². The molecule has 0 aromatic carbocycles. The van der Waals surface area contributed by atoms with Crippen LogP contribution < -0.4 is 0 Å². The number of aliphatic hydroxyl groups excluding tert-OH is 6. The highest BCUT2D eigenvalue weighted by Gasteiger charge is 2.08. The number of ether oxygens (including phenoxy) is 1. The Labute approximate surface area is 134 Å². The highest BCUT2D eigenvalue weighted by molar-refractivity contribution is 5.77. The Kier molecular flexibility index (Phi) is 23.9. The molecule has 0 saturated carbocycles. The zero-order chi connectivity index (χ0) is 18.7. The standard InChI is InChI=1S/2C4H9NO4.C4H10O/c2*6-1-4(9)5(2-7)3-8;1-3-5-4-2/h2*6-8H,1-3H2;3-4H2,1-2H3. The van der Waals surface area contributed by atoms with Gasteiger partial charge in [0.05, 0.1) is 0 Å². The van der Waals surface area contributed by atoms with E-state index >= 15 is 0 Å². The fourth-order valence-corrected chi connectivity index (χ4v) is 0.809. The van der Waals surface area contributed by atoms with Gasteiger partial charge in [-0.05, 0) is 13.8 Å². The van der Waals surface area contributed by atoms with Crippen LogP contribution >= 0.6 is 0 Å². The Bertz CT molecular complexity index is 245. The summed E-state index contributed by atoms with van der Waals surface area (Å²) < 4.78 is 4.83. The average molecular weight is 344 g/mol. The van der Waals surface area contributed by atoms with Crippen LogP contribution in [0.1, 0.15) is 13.8 Å². The third kappa shape index (κ3) is 16.9. The van der Waals surface area contributed by atoms with E-state index in [1.165, 1.54) is 0 Å². The topological polar surface area (TPSA) is 171 Å². The lowest BCUT2D eigenvalue weighted by Gasteiger charge is -2.13. The minimum atomic E-state index is -0.694. The molecule has 11 nitrogen and oxygen atoms in total. The van der Waals surface area contributed by atoms with Gasteiger partial charge < -0.3 is 35.4 Å². The Morgan fingerprint density at radius 1 is 0.696 bits per heavy atom. The first-order chi connectivity index (χ1) is 10.9. The second-order valence-electron chi connectivity index (χ2n) is 3.53. The van der Waals surface area contributed by atoms with Gasteiger partial charge in [-0.2, -0.15) is 0 Å². The van der Waals surface area contributed by atoms with Crippen molar-refractivity contribution in [2.24, 2.45) is 0 Å². The molecule has 0 aromatic heterocycles. The van der Waals surface area contributed by atoms with Crippen LogP contribution in [0.15, 0.2) is 0 Å². The Balaban J connectivity index is -0.000000273. The lowest BCUT2D eigenvalue weighted by atomic mass is 10.6. The summed E-state index contributed by atoms with van der Waals surface area (Å²) in [4.78, 5) is 22.0. The Morgan fingerprint density at radius 2 is 0.957 bits per heavy atom. The smallest absolute Gasteiger partial charge is 0.251 e. The van der Waals surface area contributed by atoms with E-state index in [1.807, 2.05) is 13.8 Å². The molecule has 2 amide bonds. The lowest BCUT2D eigenvalue weighted by molar-refractivity contribution is -0.143. The third-order valence-electron chi connectivity index (χ3n) is 2.07. The summed E-state index contributed by atoms with van der Waals surface area (Å²) in [6, 6.07) is 0. The molecule has 0 rings (SSSR count). The normalized spacial score (nSPS) is 9.04. The predicted molar refractivity (Wildman–Crippen MR) is 78.4 cm³/mol. The van der Waals surface area contributed by atoms with Gasteiger partial charge in [-0.15, -0.1) is 0 Å². The molecule has 0 radical (unpaired) electrons. The summed E-state index contributed by atoms with van der Waals surface area (Å²) in [7, 11) is 0. The van der Waals surface area contributed by atoms with E-state index in [0.717, 1.165) is 13.2 Å². The van der Waals surface area contributed by atoms with Crippen molar-refractivity contribution in [3.05, 3.63) is 0 Å². The van der Waals surface area contributed by atoms with Crippen molar-refractivity contribution in [1.29, 1.82) is 0 Å². The van der Waals surface area contributed by atoms with Crippen LogP contribution in [0.4, 0.5) is 0 Å². The number of amides is 2. The SMILES string of the molecule is CCOCC.O=C(CO)N(CO)CO.O=C(CO)N(CO)CO. The number of nitrogens with zero attached hydrogens (tertiary/aromatic N) is 2. The van der Waals surface area contributed by atoms with E-state index in [4.69, 9.17) is 35.4 Å². The number of aliphatic hydroxyl groups is 6. The van der Waals surface area contributed by atoms with Crippen LogP contribution in [-0.2, 0) is 14.3 Å². The number of hydrogen-bond acceptors (Lipinski definition) is 9. The number of rotatable bonds is 8. The Hall–Kier alpha value is -1.34. The minimum Gasteiger partial charge on any atom is -0.387 e. The van der Waals surface area contributed by atoms with Crippen LogP contribution in [0.3, 0.4) is 0 Å². The maximum absolute atomic E-state index is 10.3. The van der Waals surface area contributed by atoms with E-state index in [2.05, 4.69) is 0 Å². The van der Waals surface area contributed by atoms with Crippen molar-refractivity contribution in [2.75, 3.05) is 53.4 Å². The molecule has 0 atom stereocenters. The van der Waals surface area contributed by atoms with Crippen LogP contribution in [0, 0.1) is 0 Å². The van der Waals surface area contributed by atoms with E-state index in [-0.39, 0.29) is 0 Å². The molecule has 0 fully saturated rings. The third-order valence-corrected chi connectivity index (χ3v) is 2.07. The van der Waals surface area contributed by atoms with Gasteiger partial charge in [0, 0.05) is 13.2 Å². The van der Waals surface area contributed by atoms with Crippen molar-refractivity contribution in [3.8, 4) is 0 Å². The number of carbonyl (C=O) groups is 2. The van der Waals surface area contributed by atoms with E-state index in [9.17, 15) is 9.59 Å². The van der Waals surface area contributed by atoms with Crippen LogP contribution in [0.5, 0.6) is 0 Å². The van der Waals surface area contributed by atoms with Gasteiger partial charge in [-0.25, -0.2) is 0 Å². The molecule has 0 unspecified atom stereocenters. The first kappa shape index (κ1) is 26.6. The summed E-state index contributed by atoms with van der Waals surface area (Å²) in [5.41, 5.74) is 0. The molecule has 0 aromatic rings. The highest BCUT2D eigenvalue weighted by Crippen LogP contribution is 1.83. The molecule has 140 valence electrons. The molecule has 0 heterocycles. The molecule has 0 aliphatic heterocycles. The average Bonchev–Trinajstić information content (AvgIpc) is 2.58. The fraction of sp³-hybridized carbons (Fsp3) is 0.833. The molecular weight excluding hydrogens is 316 g/mol. The number of carbonyl (C=O) groups excluding carboxylic acids is 2. The van der Waals surface area contributed by atoms with Gasteiger partial charge in [0.1, 0.15) is 40.1 Å². The molecule has 0 bridgehead atoms. The highest BCUT2D eigenvalue weighted by atomic mass is 16.5. The number of hydrogen-bond donors (Lipinski definition) is 6. The first-order valence-corrected chi connectivity index (χ1v) is 6.72. The van der Waals surface area contributed by atoms with E-state index in [0.29, 0.717) is 9.80 Å². The molecule has 23 heavy (non-hydrogen) atoms. The second kappa shape index (κ2) is 20.7. The molecule has 0 spiro atoms. The zero-order valence-corrected chi connectivity index (χ0v) is 13.5. The Morgan fingerprint density at radius 3 is 1.00 bits per heavy atom. The molecule has 0 saturated heterocycles. The van der Waals surface area contributed by atoms with E-state index in [1.54, 1.807) is 0 Å². The molecule has 6 N–H and O–H groups in total. The largest absolute Gasteiger partial charge is 0.387 e. The fourth-order valence-electron chi connectivity index (χ4n) is 0.809. The monoisotopic (exact) mass is 344 g/mol. The first-order valence-electron chi connectivity index (χ1n) is 6.72. The van der Waals surface area contributed by atoms with Gasteiger partial charge in [0.2, 0.25) is 0 Å². The van der Waals surface area contributed by atoms with Crippen LogP contribution in [0.25, 0.3) is 0 Å².